The Balaban J connectivity index is 1.78. The van der Waals surface area contributed by atoms with E-state index in [9.17, 15) is 0 Å². The van der Waals surface area contributed by atoms with Gasteiger partial charge in [0, 0.05) is 11.4 Å². The lowest BCUT2D eigenvalue weighted by molar-refractivity contribution is 0.0546. The Hall–Kier alpha value is -0.340. The lowest BCUT2D eigenvalue weighted by atomic mass is 9.92. The van der Waals surface area contributed by atoms with Crippen LogP contribution in [0, 0.1) is 5.92 Å². The maximum Gasteiger partial charge on any atom is 0.0508 e. The van der Waals surface area contributed by atoms with Gasteiger partial charge in [0.1, 0.15) is 0 Å². The van der Waals surface area contributed by atoms with Gasteiger partial charge in [0.05, 0.1) is 6.61 Å². The standard InChI is InChI=1S/C15H19BrO/c16-15(14-5-2-8-17-10-14)13-7-6-11-3-1-4-12(11)9-13/h6-7,9,14-15H,1-5,8,10H2. The van der Waals surface area contributed by atoms with Gasteiger partial charge in [-0.05, 0) is 54.7 Å². The molecule has 0 radical (unpaired) electrons. The number of ether oxygens (including phenoxy) is 1. The van der Waals surface area contributed by atoms with Gasteiger partial charge in [-0.2, -0.15) is 0 Å². The van der Waals surface area contributed by atoms with Crippen molar-refractivity contribution in [3.63, 3.8) is 0 Å². The summed E-state index contributed by atoms with van der Waals surface area (Å²) < 4.78 is 5.59. The second-order valence-electron chi connectivity index (χ2n) is 5.26. The zero-order valence-corrected chi connectivity index (χ0v) is 11.7. The first-order valence-corrected chi connectivity index (χ1v) is 7.59. The number of hydrogen-bond acceptors (Lipinski definition) is 1. The predicted octanol–water partition coefficient (Wildman–Crippen LogP) is 4.04. The number of rotatable bonds is 2. The molecule has 1 nitrogen and oxygen atoms in total. The highest BCUT2D eigenvalue weighted by Gasteiger charge is 2.24. The largest absolute Gasteiger partial charge is 0.381 e. The van der Waals surface area contributed by atoms with E-state index >= 15 is 0 Å². The molecular weight excluding hydrogens is 276 g/mol. The fraction of sp³-hybridized carbons (Fsp3) is 0.600. The molecule has 3 rings (SSSR count). The maximum absolute atomic E-state index is 5.59. The highest BCUT2D eigenvalue weighted by molar-refractivity contribution is 9.09. The van der Waals surface area contributed by atoms with E-state index in [4.69, 9.17) is 4.74 Å². The minimum Gasteiger partial charge on any atom is -0.381 e. The number of fused-ring (bicyclic) bond motifs is 1. The highest BCUT2D eigenvalue weighted by atomic mass is 79.9. The molecule has 92 valence electrons. The minimum absolute atomic E-state index is 0.466. The van der Waals surface area contributed by atoms with Gasteiger partial charge in [0.25, 0.3) is 0 Å². The molecule has 0 N–H and O–H groups in total. The molecule has 0 saturated carbocycles. The smallest absolute Gasteiger partial charge is 0.0508 e. The predicted molar refractivity (Wildman–Crippen MR) is 73.7 cm³/mol. The second kappa shape index (κ2) is 5.11. The summed E-state index contributed by atoms with van der Waals surface area (Å²) in [6.07, 6.45) is 6.36. The van der Waals surface area contributed by atoms with Gasteiger partial charge in [0.2, 0.25) is 0 Å². The van der Waals surface area contributed by atoms with E-state index in [1.165, 1.54) is 37.7 Å². The SMILES string of the molecule is BrC(c1ccc2c(c1)CCC2)C1CCCOC1. The van der Waals surface area contributed by atoms with E-state index in [0.717, 1.165) is 13.2 Å². The van der Waals surface area contributed by atoms with Crippen LogP contribution >= 0.6 is 15.9 Å². The summed E-state index contributed by atoms with van der Waals surface area (Å²) >= 11 is 3.88. The third-order valence-corrected chi connectivity index (χ3v) is 5.33. The van der Waals surface area contributed by atoms with Crippen LogP contribution in [0.15, 0.2) is 18.2 Å². The van der Waals surface area contributed by atoms with E-state index in [2.05, 4.69) is 34.1 Å². The van der Waals surface area contributed by atoms with Gasteiger partial charge in [0.15, 0.2) is 0 Å². The van der Waals surface area contributed by atoms with Gasteiger partial charge in [-0.1, -0.05) is 34.1 Å². The molecule has 1 aromatic carbocycles. The van der Waals surface area contributed by atoms with Crippen LogP contribution in [0.4, 0.5) is 0 Å². The average Bonchev–Trinajstić information content (AvgIpc) is 2.86. The van der Waals surface area contributed by atoms with Gasteiger partial charge in [-0.15, -0.1) is 0 Å². The van der Waals surface area contributed by atoms with Crippen molar-refractivity contribution in [3.8, 4) is 0 Å². The van der Waals surface area contributed by atoms with Gasteiger partial charge < -0.3 is 4.74 Å². The van der Waals surface area contributed by atoms with Crippen LogP contribution in [0.25, 0.3) is 0 Å². The topological polar surface area (TPSA) is 9.23 Å². The Kier molecular flexibility index (Phi) is 3.53. The second-order valence-corrected chi connectivity index (χ2v) is 6.25. The van der Waals surface area contributed by atoms with E-state index in [1.54, 1.807) is 11.1 Å². The summed E-state index contributed by atoms with van der Waals surface area (Å²) in [4.78, 5) is 0.466. The van der Waals surface area contributed by atoms with E-state index in [0.29, 0.717) is 10.7 Å². The third kappa shape index (κ3) is 2.43. The number of alkyl halides is 1. The van der Waals surface area contributed by atoms with Crippen molar-refractivity contribution >= 4 is 15.9 Å². The summed E-state index contributed by atoms with van der Waals surface area (Å²) in [5.74, 6) is 0.642. The third-order valence-electron chi connectivity index (χ3n) is 4.05. The van der Waals surface area contributed by atoms with Crippen molar-refractivity contribution < 1.29 is 4.74 Å². The molecule has 1 fully saturated rings. The van der Waals surface area contributed by atoms with Crippen LogP contribution in [0.5, 0.6) is 0 Å². The van der Waals surface area contributed by atoms with Crippen LogP contribution in [-0.2, 0) is 17.6 Å². The Morgan fingerprint density at radius 2 is 2.06 bits per heavy atom. The van der Waals surface area contributed by atoms with Crippen molar-refractivity contribution in [3.05, 3.63) is 34.9 Å². The maximum atomic E-state index is 5.59. The number of aryl methyl sites for hydroxylation is 2. The van der Waals surface area contributed by atoms with Gasteiger partial charge in [-0.25, -0.2) is 0 Å². The van der Waals surface area contributed by atoms with Gasteiger partial charge in [-0.3, -0.25) is 0 Å². The summed E-state index contributed by atoms with van der Waals surface area (Å²) in [5.41, 5.74) is 4.58. The zero-order valence-electron chi connectivity index (χ0n) is 10.1. The molecule has 2 aliphatic rings. The van der Waals surface area contributed by atoms with Crippen molar-refractivity contribution in [1.82, 2.24) is 0 Å². The molecule has 2 unspecified atom stereocenters. The normalized spacial score (nSPS) is 25.6. The monoisotopic (exact) mass is 294 g/mol. The molecule has 2 atom stereocenters. The first-order valence-electron chi connectivity index (χ1n) is 6.68. The van der Waals surface area contributed by atoms with E-state index in [1.807, 2.05) is 0 Å². The molecule has 1 aliphatic carbocycles. The van der Waals surface area contributed by atoms with Crippen LogP contribution in [0.2, 0.25) is 0 Å². The molecule has 0 bridgehead atoms. The summed E-state index contributed by atoms with van der Waals surface area (Å²) in [7, 11) is 0. The molecule has 1 heterocycles. The molecule has 0 spiro atoms. The van der Waals surface area contributed by atoms with E-state index in [-0.39, 0.29) is 0 Å². The van der Waals surface area contributed by atoms with Crippen LogP contribution in [0.1, 0.15) is 40.8 Å². The molecule has 0 amide bonds. The molecule has 0 aromatic heterocycles. The number of halogens is 1. The van der Waals surface area contributed by atoms with Crippen molar-refractivity contribution in [2.45, 2.75) is 36.9 Å². The Bertz CT molecular complexity index is 396. The van der Waals surface area contributed by atoms with Crippen molar-refractivity contribution in [2.75, 3.05) is 13.2 Å². The Morgan fingerprint density at radius 3 is 2.88 bits per heavy atom. The summed E-state index contributed by atoms with van der Waals surface area (Å²) in [6, 6.07) is 7.05. The summed E-state index contributed by atoms with van der Waals surface area (Å²) in [6.45, 7) is 1.85. The quantitative estimate of drug-likeness (QED) is 0.748. The lowest BCUT2D eigenvalue weighted by Crippen LogP contribution is -2.21. The minimum atomic E-state index is 0.466. The summed E-state index contributed by atoms with van der Waals surface area (Å²) in [5, 5.41) is 0. The number of hydrogen-bond donors (Lipinski definition) is 0. The molecule has 1 saturated heterocycles. The highest BCUT2D eigenvalue weighted by Crippen LogP contribution is 2.37. The lowest BCUT2D eigenvalue weighted by Gasteiger charge is -2.27. The molecule has 1 aromatic rings. The first-order chi connectivity index (χ1) is 8.34. The first kappa shape index (κ1) is 11.7. The Labute approximate surface area is 112 Å². The van der Waals surface area contributed by atoms with Crippen molar-refractivity contribution in [2.24, 2.45) is 5.92 Å². The molecule has 1 aliphatic heterocycles. The van der Waals surface area contributed by atoms with Gasteiger partial charge >= 0.3 is 0 Å². The number of benzene rings is 1. The molecule has 17 heavy (non-hydrogen) atoms. The van der Waals surface area contributed by atoms with Crippen molar-refractivity contribution in [1.29, 1.82) is 0 Å². The van der Waals surface area contributed by atoms with Crippen LogP contribution in [-0.4, -0.2) is 13.2 Å². The molecular formula is C15H19BrO. The Morgan fingerprint density at radius 1 is 1.18 bits per heavy atom. The van der Waals surface area contributed by atoms with Crippen LogP contribution in [0.3, 0.4) is 0 Å². The fourth-order valence-corrected chi connectivity index (χ4v) is 3.73. The zero-order chi connectivity index (χ0) is 11.7. The average molecular weight is 295 g/mol. The van der Waals surface area contributed by atoms with E-state index < -0.39 is 0 Å². The molecule has 2 heteroatoms. The fourth-order valence-electron chi connectivity index (χ4n) is 3.03. The van der Waals surface area contributed by atoms with Crippen LogP contribution < -0.4 is 0 Å².